The number of nitrogens with one attached hydrogen (secondary N) is 1. The van der Waals surface area contributed by atoms with E-state index in [1.165, 1.54) is 12.1 Å². The van der Waals surface area contributed by atoms with Crippen LogP contribution in [0.4, 0.5) is 4.39 Å². The lowest BCUT2D eigenvalue weighted by molar-refractivity contribution is 0.0458. The lowest BCUT2D eigenvalue weighted by atomic mass is 9.87. The standard InChI is InChI=1S/C19H24FN3O2/c1-12(2)16-11-17(22-21-16)19(25)23-9-7-14(8-10-23)18(24)13-3-5-15(20)6-4-13/h3-6,11-12,14,18,24H,7-10H2,1-2H3,(H,21,22)/t18-/m1/s1. The summed E-state index contributed by atoms with van der Waals surface area (Å²) in [5, 5.41) is 17.5. The molecule has 1 fully saturated rings. The van der Waals surface area contributed by atoms with Crippen LogP contribution in [0.25, 0.3) is 0 Å². The molecule has 3 rings (SSSR count). The van der Waals surface area contributed by atoms with Gasteiger partial charge in [0.25, 0.3) is 5.91 Å². The molecule has 25 heavy (non-hydrogen) atoms. The number of carbonyl (C=O) groups is 1. The Morgan fingerprint density at radius 1 is 1.28 bits per heavy atom. The molecule has 6 heteroatoms. The molecule has 1 aliphatic heterocycles. The summed E-state index contributed by atoms with van der Waals surface area (Å²) in [7, 11) is 0. The van der Waals surface area contributed by atoms with Crippen molar-refractivity contribution in [2.45, 2.75) is 38.7 Å². The van der Waals surface area contributed by atoms with E-state index < -0.39 is 6.10 Å². The lowest BCUT2D eigenvalue weighted by Crippen LogP contribution is -2.40. The van der Waals surface area contributed by atoms with Gasteiger partial charge in [0, 0.05) is 18.8 Å². The molecule has 1 aliphatic rings. The fraction of sp³-hybridized carbons (Fsp3) is 0.474. The highest BCUT2D eigenvalue weighted by Gasteiger charge is 2.29. The molecule has 5 nitrogen and oxygen atoms in total. The third-order valence-electron chi connectivity index (χ3n) is 4.92. The number of rotatable bonds is 4. The van der Waals surface area contributed by atoms with Gasteiger partial charge in [-0.25, -0.2) is 4.39 Å². The zero-order valence-corrected chi connectivity index (χ0v) is 14.6. The van der Waals surface area contributed by atoms with Crippen molar-refractivity contribution in [3.63, 3.8) is 0 Å². The largest absolute Gasteiger partial charge is 0.388 e. The Labute approximate surface area is 146 Å². The van der Waals surface area contributed by atoms with E-state index in [2.05, 4.69) is 10.2 Å². The molecule has 1 atom stereocenters. The van der Waals surface area contributed by atoms with E-state index in [4.69, 9.17) is 0 Å². The first-order chi connectivity index (χ1) is 12.0. The van der Waals surface area contributed by atoms with Gasteiger partial charge < -0.3 is 10.0 Å². The predicted octanol–water partition coefficient (Wildman–Crippen LogP) is 3.26. The number of nitrogens with zero attached hydrogens (tertiary/aromatic N) is 2. The number of carbonyl (C=O) groups excluding carboxylic acids is 1. The Bertz CT molecular complexity index is 719. The Morgan fingerprint density at radius 3 is 2.48 bits per heavy atom. The van der Waals surface area contributed by atoms with E-state index in [0.29, 0.717) is 37.5 Å². The number of amides is 1. The van der Waals surface area contributed by atoms with Gasteiger partial charge in [-0.2, -0.15) is 5.10 Å². The van der Waals surface area contributed by atoms with Crippen molar-refractivity contribution in [1.29, 1.82) is 0 Å². The van der Waals surface area contributed by atoms with Crippen LogP contribution in [-0.2, 0) is 0 Å². The van der Waals surface area contributed by atoms with Crippen molar-refractivity contribution in [2.24, 2.45) is 5.92 Å². The molecule has 1 saturated heterocycles. The molecule has 1 amide bonds. The number of aromatic nitrogens is 2. The highest BCUT2D eigenvalue weighted by molar-refractivity contribution is 5.92. The van der Waals surface area contributed by atoms with Crippen molar-refractivity contribution < 1.29 is 14.3 Å². The number of benzene rings is 1. The molecule has 0 spiro atoms. The van der Waals surface area contributed by atoms with Gasteiger partial charge in [-0.3, -0.25) is 9.89 Å². The van der Waals surface area contributed by atoms with Crippen molar-refractivity contribution >= 4 is 5.91 Å². The maximum atomic E-state index is 13.0. The zero-order chi connectivity index (χ0) is 18.0. The van der Waals surface area contributed by atoms with Crippen LogP contribution >= 0.6 is 0 Å². The predicted molar refractivity (Wildman–Crippen MR) is 92.7 cm³/mol. The van der Waals surface area contributed by atoms with Crippen LogP contribution in [0.2, 0.25) is 0 Å². The monoisotopic (exact) mass is 345 g/mol. The van der Waals surface area contributed by atoms with Crippen LogP contribution in [0, 0.1) is 11.7 Å². The summed E-state index contributed by atoms with van der Waals surface area (Å²) in [5.74, 6) is -0.0143. The first-order valence-electron chi connectivity index (χ1n) is 8.74. The SMILES string of the molecule is CC(C)c1cc(C(=O)N2CCC([C@H](O)c3ccc(F)cc3)CC2)n[nH]1. The van der Waals surface area contributed by atoms with Crippen LogP contribution < -0.4 is 0 Å². The molecule has 2 N–H and O–H groups in total. The number of aromatic amines is 1. The lowest BCUT2D eigenvalue weighted by Gasteiger charge is -2.34. The molecular weight excluding hydrogens is 321 g/mol. The quantitative estimate of drug-likeness (QED) is 0.894. The van der Waals surface area contributed by atoms with Gasteiger partial charge in [0.1, 0.15) is 11.5 Å². The van der Waals surface area contributed by atoms with Gasteiger partial charge in [0.05, 0.1) is 6.10 Å². The first kappa shape index (κ1) is 17.6. The molecule has 0 saturated carbocycles. The molecule has 0 radical (unpaired) electrons. The second-order valence-corrected chi connectivity index (χ2v) is 6.99. The third kappa shape index (κ3) is 3.90. The maximum Gasteiger partial charge on any atom is 0.274 e. The fourth-order valence-corrected chi connectivity index (χ4v) is 3.25. The van der Waals surface area contributed by atoms with Gasteiger partial charge in [-0.1, -0.05) is 26.0 Å². The van der Waals surface area contributed by atoms with Crippen LogP contribution in [0.5, 0.6) is 0 Å². The molecular formula is C19H24FN3O2. The Hall–Kier alpha value is -2.21. The van der Waals surface area contributed by atoms with E-state index >= 15 is 0 Å². The Kier molecular flexibility index (Phi) is 5.18. The van der Waals surface area contributed by atoms with E-state index in [-0.39, 0.29) is 17.6 Å². The molecule has 134 valence electrons. The third-order valence-corrected chi connectivity index (χ3v) is 4.92. The van der Waals surface area contributed by atoms with Crippen molar-refractivity contribution in [3.05, 3.63) is 53.1 Å². The maximum absolute atomic E-state index is 13.0. The van der Waals surface area contributed by atoms with Gasteiger partial charge in [-0.05, 0) is 48.4 Å². The number of hydrogen-bond donors (Lipinski definition) is 2. The highest BCUT2D eigenvalue weighted by atomic mass is 19.1. The smallest absolute Gasteiger partial charge is 0.274 e. The second-order valence-electron chi connectivity index (χ2n) is 6.99. The number of halogens is 1. The Morgan fingerprint density at radius 2 is 1.92 bits per heavy atom. The minimum atomic E-state index is -0.629. The van der Waals surface area contributed by atoms with Crippen LogP contribution in [0.15, 0.2) is 30.3 Å². The number of H-pyrrole nitrogens is 1. The second kappa shape index (κ2) is 7.35. The topological polar surface area (TPSA) is 69.2 Å². The fourth-order valence-electron chi connectivity index (χ4n) is 3.25. The molecule has 0 unspecified atom stereocenters. The molecule has 1 aromatic carbocycles. The normalized spacial score (nSPS) is 17.1. The van der Waals surface area contributed by atoms with E-state index in [1.54, 1.807) is 17.0 Å². The van der Waals surface area contributed by atoms with E-state index in [9.17, 15) is 14.3 Å². The zero-order valence-electron chi connectivity index (χ0n) is 14.6. The average Bonchev–Trinajstić information content (AvgIpc) is 3.12. The van der Waals surface area contributed by atoms with Crippen LogP contribution in [-0.4, -0.2) is 39.2 Å². The van der Waals surface area contributed by atoms with Crippen LogP contribution in [0.3, 0.4) is 0 Å². The van der Waals surface area contributed by atoms with E-state index in [0.717, 1.165) is 11.3 Å². The van der Waals surface area contributed by atoms with Gasteiger partial charge >= 0.3 is 0 Å². The van der Waals surface area contributed by atoms with Gasteiger partial charge in [0.15, 0.2) is 0 Å². The summed E-state index contributed by atoms with van der Waals surface area (Å²) in [6.07, 6.45) is 0.799. The highest BCUT2D eigenvalue weighted by Crippen LogP contribution is 2.31. The number of aliphatic hydroxyl groups excluding tert-OH is 1. The minimum absolute atomic E-state index is 0.0694. The molecule has 0 aliphatic carbocycles. The average molecular weight is 345 g/mol. The van der Waals surface area contributed by atoms with Crippen molar-refractivity contribution in [2.75, 3.05) is 13.1 Å². The van der Waals surface area contributed by atoms with E-state index in [1.807, 2.05) is 19.9 Å². The summed E-state index contributed by atoms with van der Waals surface area (Å²) >= 11 is 0. The molecule has 2 heterocycles. The first-order valence-corrected chi connectivity index (χ1v) is 8.74. The van der Waals surface area contributed by atoms with Crippen molar-refractivity contribution in [1.82, 2.24) is 15.1 Å². The minimum Gasteiger partial charge on any atom is -0.388 e. The molecule has 2 aromatic rings. The Balaban J connectivity index is 1.59. The van der Waals surface area contributed by atoms with Gasteiger partial charge in [0.2, 0.25) is 0 Å². The summed E-state index contributed by atoms with van der Waals surface area (Å²) in [5.41, 5.74) is 2.12. The van der Waals surface area contributed by atoms with Crippen molar-refractivity contribution in [3.8, 4) is 0 Å². The number of likely N-dealkylation sites (tertiary alicyclic amines) is 1. The summed E-state index contributed by atoms with van der Waals surface area (Å²) in [4.78, 5) is 14.3. The summed E-state index contributed by atoms with van der Waals surface area (Å²) in [6, 6.07) is 7.78. The summed E-state index contributed by atoms with van der Waals surface area (Å²) in [6.45, 7) is 5.27. The number of piperidine rings is 1. The number of hydrogen-bond acceptors (Lipinski definition) is 3. The summed E-state index contributed by atoms with van der Waals surface area (Å²) < 4.78 is 13.0. The number of aliphatic hydroxyl groups is 1. The molecule has 0 bridgehead atoms. The van der Waals surface area contributed by atoms with Gasteiger partial charge in [-0.15, -0.1) is 0 Å². The molecule has 1 aromatic heterocycles. The van der Waals surface area contributed by atoms with Crippen LogP contribution in [0.1, 0.15) is 60.5 Å².